The topological polar surface area (TPSA) is 65.5 Å². The number of aryl methyl sites for hydroxylation is 1. The van der Waals surface area contributed by atoms with E-state index in [1.807, 2.05) is 12.3 Å². The SMILES string of the molecule is Cc1ccc2ncccc2c1CN1CC[C@H](O)[C@@]2(CCCNC2=O)C1. The molecule has 0 radical (unpaired) electrons. The van der Waals surface area contributed by atoms with Gasteiger partial charge in [0.2, 0.25) is 5.91 Å². The predicted molar refractivity (Wildman–Crippen MR) is 97.1 cm³/mol. The van der Waals surface area contributed by atoms with Crippen molar-refractivity contribution >= 4 is 16.8 Å². The van der Waals surface area contributed by atoms with Gasteiger partial charge in [-0.25, -0.2) is 0 Å². The van der Waals surface area contributed by atoms with Gasteiger partial charge < -0.3 is 10.4 Å². The monoisotopic (exact) mass is 339 g/mol. The summed E-state index contributed by atoms with van der Waals surface area (Å²) < 4.78 is 0. The lowest BCUT2D eigenvalue weighted by atomic mass is 9.71. The zero-order chi connectivity index (χ0) is 17.4. The highest BCUT2D eigenvalue weighted by Gasteiger charge is 2.49. The molecule has 0 bridgehead atoms. The molecule has 5 nitrogen and oxygen atoms in total. The predicted octanol–water partition coefficient (Wildman–Crippen LogP) is 2.01. The Hall–Kier alpha value is -1.98. The fourth-order valence-electron chi connectivity index (χ4n) is 4.42. The molecule has 2 aromatic rings. The van der Waals surface area contributed by atoms with Crippen molar-refractivity contribution in [2.45, 2.75) is 38.8 Å². The van der Waals surface area contributed by atoms with Crippen LogP contribution in [0, 0.1) is 12.3 Å². The van der Waals surface area contributed by atoms with Crippen LogP contribution in [0.2, 0.25) is 0 Å². The highest BCUT2D eigenvalue weighted by Crippen LogP contribution is 2.38. The fraction of sp³-hybridized carbons (Fsp3) is 0.500. The lowest BCUT2D eigenvalue weighted by Crippen LogP contribution is -2.61. The molecule has 0 unspecified atom stereocenters. The van der Waals surface area contributed by atoms with E-state index in [0.717, 1.165) is 38.0 Å². The summed E-state index contributed by atoms with van der Waals surface area (Å²) in [4.78, 5) is 19.3. The third-order valence-electron chi connectivity index (χ3n) is 5.91. The van der Waals surface area contributed by atoms with E-state index >= 15 is 0 Å². The number of likely N-dealkylation sites (tertiary alicyclic amines) is 1. The normalized spacial score (nSPS) is 27.6. The number of benzene rings is 1. The van der Waals surface area contributed by atoms with Gasteiger partial charge in [-0.2, -0.15) is 0 Å². The van der Waals surface area contributed by atoms with Gasteiger partial charge in [-0.1, -0.05) is 12.1 Å². The number of rotatable bonds is 2. The highest BCUT2D eigenvalue weighted by molar-refractivity contribution is 5.85. The molecule has 1 spiro atoms. The summed E-state index contributed by atoms with van der Waals surface area (Å²) in [6.45, 7) is 5.07. The number of amides is 1. The number of pyridine rings is 1. The first-order valence-electron chi connectivity index (χ1n) is 9.12. The molecule has 2 N–H and O–H groups in total. The average molecular weight is 339 g/mol. The Morgan fingerprint density at radius 1 is 1.40 bits per heavy atom. The minimum atomic E-state index is -0.646. The molecule has 1 aromatic heterocycles. The zero-order valence-corrected chi connectivity index (χ0v) is 14.7. The van der Waals surface area contributed by atoms with Crippen molar-refractivity contribution in [2.24, 2.45) is 5.41 Å². The third kappa shape index (κ3) is 2.81. The van der Waals surface area contributed by atoms with E-state index in [-0.39, 0.29) is 5.91 Å². The molecule has 2 atom stereocenters. The molecule has 1 amide bonds. The molecule has 2 fully saturated rings. The van der Waals surface area contributed by atoms with Gasteiger partial charge in [-0.05, 0) is 49.4 Å². The van der Waals surface area contributed by atoms with Crippen molar-refractivity contribution in [3.8, 4) is 0 Å². The van der Waals surface area contributed by atoms with E-state index in [1.54, 1.807) is 0 Å². The van der Waals surface area contributed by atoms with E-state index in [1.165, 1.54) is 16.5 Å². The van der Waals surface area contributed by atoms with Crippen LogP contribution in [0.3, 0.4) is 0 Å². The Labute approximate surface area is 148 Å². The maximum atomic E-state index is 12.6. The second-order valence-electron chi connectivity index (χ2n) is 7.46. The molecule has 2 saturated heterocycles. The van der Waals surface area contributed by atoms with Gasteiger partial charge in [0, 0.05) is 37.8 Å². The lowest BCUT2D eigenvalue weighted by Gasteiger charge is -2.47. The zero-order valence-electron chi connectivity index (χ0n) is 14.7. The number of piperidine rings is 2. The van der Waals surface area contributed by atoms with E-state index in [9.17, 15) is 9.90 Å². The van der Waals surface area contributed by atoms with Gasteiger partial charge in [0.05, 0.1) is 17.0 Å². The van der Waals surface area contributed by atoms with Crippen LogP contribution in [-0.2, 0) is 11.3 Å². The second-order valence-corrected chi connectivity index (χ2v) is 7.46. The van der Waals surface area contributed by atoms with Crippen LogP contribution in [-0.4, -0.2) is 46.6 Å². The number of carbonyl (C=O) groups is 1. The Bertz CT molecular complexity index is 807. The lowest BCUT2D eigenvalue weighted by molar-refractivity contribution is -0.149. The molecule has 2 aliphatic heterocycles. The molecule has 2 aliphatic rings. The summed E-state index contributed by atoms with van der Waals surface area (Å²) >= 11 is 0. The van der Waals surface area contributed by atoms with Crippen LogP contribution < -0.4 is 5.32 Å². The smallest absolute Gasteiger partial charge is 0.230 e. The van der Waals surface area contributed by atoms with Gasteiger partial charge in [0.15, 0.2) is 0 Å². The third-order valence-corrected chi connectivity index (χ3v) is 5.91. The van der Waals surface area contributed by atoms with Gasteiger partial charge >= 0.3 is 0 Å². The number of fused-ring (bicyclic) bond motifs is 1. The molecule has 1 aromatic carbocycles. The van der Waals surface area contributed by atoms with Crippen LogP contribution in [0.1, 0.15) is 30.4 Å². The van der Waals surface area contributed by atoms with Crippen LogP contribution in [0.4, 0.5) is 0 Å². The minimum Gasteiger partial charge on any atom is -0.392 e. The maximum Gasteiger partial charge on any atom is 0.230 e. The fourth-order valence-corrected chi connectivity index (χ4v) is 4.42. The van der Waals surface area contributed by atoms with Crippen LogP contribution in [0.15, 0.2) is 30.5 Å². The quantitative estimate of drug-likeness (QED) is 0.878. The van der Waals surface area contributed by atoms with Gasteiger partial charge in [-0.3, -0.25) is 14.7 Å². The number of hydrogen-bond donors (Lipinski definition) is 2. The maximum absolute atomic E-state index is 12.6. The Morgan fingerprint density at radius 3 is 3.12 bits per heavy atom. The highest BCUT2D eigenvalue weighted by atomic mass is 16.3. The average Bonchev–Trinajstić information content (AvgIpc) is 2.63. The number of aromatic nitrogens is 1. The van der Waals surface area contributed by atoms with E-state index < -0.39 is 11.5 Å². The summed E-state index contributed by atoms with van der Waals surface area (Å²) in [6, 6.07) is 8.27. The molecule has 0 aliphatic carbocycles. The standard InChI is InChI=1S/C20H25N3O2/c1-14-5-6-17-15(4-2-9-21-17)16(14)12-23-11-7-18(24)20(13-23)8-3-10-22-19(20)25/h2,4-6,9,18,24H,3,7-8,10-13H2,1H3,(H,22,25)/t18-,20+/m0/s1. The van der Waals surface area contributed by atoms with Crippen molar-refractivity contribution in [2.75, 3.05) is 19.6 Å². The molecule has 5 heteroatoms. The number of nitrogens with zero attached hydrogens (tertiary/aromatic N) is 2. The first-order valence-corrected chi connectivity index (χ1v) is 9.12. The summed E-state index contributed by atoms with van der Waals surface area (Å²) in [5, 5.41) is 14.7. The summed E-state index contributed by atoms with van der Waals surface area (Å²) in [5.74, 6) is 0.0206. The Morgan fingerprint density at radius 2 is 2.28 bits per heavy atom. The number of aliphatic hydroxyl groups is 1. The summed E-state index contributed by atoms with van der Waals surface area (Å²) in [5.41, 5.74) is 2.88. The first kappa shape index (κ1) is 16.5. The molecule has 25 heavy (non-hydrogen) atoms. The minimum absolute atomic E-state index is 0.0206. The van der Waals surface area contributed by atoms with Crippen molar-refractivity contribution in [1.82, 2.24) is 15.2 Å². The molecule has 3 heterocycles. The summed E-state index contributed by atoms with van der Waals surface area (Å²) in [6.07, 6.45) is 3.63. The van der Waals surface area contributed by atoms with E-state index in [2.05, 4.69) is 40.3 Å². The van der Waals surface area contributed by atoms with Crippen molar-refractivity contribution in [3.05, 3.63) is 41.6 Å². The van der Waals surface area contributed by atoms with Gasteiger partial charge in [0.1, 0.15) is 0 Å². The number of nitrogens with one attached hydrogen (secondary N) is 1. The molecular formula is C20H25N3O2. The number of aliphatic hydroxyl groups excluding tert-OH is 1. The number of carbonyl (C=O) groups excluding carboxylic acids is 1. The summed E-state index contributed by atoms with van der Waals surface area (Å²) in [7, 11) is 0. The van der Waals surface area contributed by atoms with Gasteiger partial charge in [0.25, 0.3) is 0 Å². The first-order chi connectivity index (χ1) is 12.1. The van der Waals surface area contributed by atoms with E-state index in [4.69, 9.17) is 0 Å². The van der Waals surface area contributed by atoms with E-state index in [0.29, 0.717) is 13.0 Å². The van der Waals surface area contributed by atoms with Crippen molar-refractivity contribution in [3.63, 3.8) is 0 Å². The van der Waals surface area contributed by atoms with Crippen molar-refractivity contribution in [1.29, 1.82) is 0 Å². The molecule has 132 valence electrons. The van der Waals surface area contributed by atoms with Crippen LogP contribution in [0.5, 0.6) is 0 Å². The Balaban J connectivity index is 1.63. The van der Waals surface area contributed by atoms with Gasteiger partial charge in [-0.15, -0.1) is 0 Å². The Kier molecular flexibility index (Phi) is 4.21. The van der Waals surface area contributed by atoms with Crippen LogP contribution >= 0.6 is 0 Å². The molecule has 4 rings (SSSR count). The molecule has 0 saturated carbocycles. The number of hydrogen-bond acceptors (Lipinski definition) is 4. The largest absolute Gasteiger partial charge is 0.392 e. The second kappa shape index (κ2) is 6.39. The van der Waals surface area contributed by atoms with Crippen LogP contribution in [0.25, 0.3) is 10.9 Å². The van der Waals surface area contributed by atoms with Crippen molar-refractivity contribution < 1.29 is 9.90 Å². The molecular weight excluding hydrogens is 314 g/mol.